The van der Waals surface area contributed by atoms with Gasteiger partial charge in [0.2, 0.25) is 0 Å². The van der Waals surface area contributed by atoms with E-state index in [1.165, 1.54) is 12.7 Å². The van der Waals surface area contributed by atoms with Gasteiger partial charge in [-0.05, 0) is 50.5 Å². The van der Waals surface area contributed by atoms with Crippen LogP contribution in [0.15, 0.2) is 30.3 Å². The molecule has 1 N–H and O–H groups in total. The van der Waals surface area contributed by atoms with E-state index in [2.05, 4.69) is 18.3 Å². The highest BCUT2D eigenvalue weighted by atomic mass is 16.5. The molecule has 0 unspecified atom stereocenters. The van der Waals surface area contributed by atoms with Crippen LogP contribution >= 0.6 is 0 Å². The van der Waals surface area contributed by atoms with Crippen molar-refractivity contribution >= 4 is 11.8 Å². The predicted molar refractivity (Wildman–Crippen MR) is 92.2 cm³/mol. The summed E-state index contributed by atoms with van der Waals surface area (Å²) in [5.41, 5.74) is 6.04. The maximum atomic E-state index is 11.6. The minimum Gasteiger partial charge on any atom is -0.489 e. The number of anilines is 1. The summed E-state index contributed by atoms with van der Waals surface area (Å²) in [7, 11) is 1.35. The third kappa shape index (κ3) is 4.03. The maximum Gasteiger partial charge on any atom is 0.411 e. The van der Waals surface area contributed by atoms with Gasteiger partial charge in [-0.25, -0.2) is 4.79 Å². The average molecular weight is 313 g/mol. The van der Waals surface area contributed by atoms with Crippen LogP contribution < -0.4 is 10.1 Å². The standard InChI is InChI=1S/C19H23NO3/c1-12-6-9-17(15(4)10-12)23-11-16-13(2)7-8-14(3)18(16)20-19(21)22-5/h6-10H,11H2,1-5H3,(H,20,21). The van der Waals surface area contributed by atoms with Crippen LogP contribution in [-0.4, -0.2) is 13.2 Å². The molecule has 0 bridgehead atoms. The summed E-state index contributed by atoms with van der Waals surface area (Å²) >= 11 is 0. The smallest absolute Gasteiger partial charge is 0.411 e. The topological polar surface area (TPSA) is 47.6 Å². The van der Waals surface area contributed by atoms with E-state index < -0.39 is 6.09 Å². The van der Waals surface area contributed by atoms with Gasteiger partial charge in [-0.15, -0.1) is 0 Å². The Labute approximate surface area is 137 Å². The Morgan fingerprint density at radius 2 is 1.70 bits per heavy atom. The molecule has 0 heterocycles. The van der Waals surface area contributed by atoms with E-state index in [4.69, 9.17) is 9.47 Å². The molecule has 0 fully saturated rings. The van der Waals surface area contributed by atoms with Crippen molar-refractivity contribution in [3.8, 4) is 5.75 Å². The predicted octanol–water partition coefficient (Wildman–Crippen LogP) is 4.68. The fourth-order valence-electron chi connectivity index (χ4n) is 2.49. The molecule has 0 saturated carbocycles. The number of carbonyl (C=O) groups excluding carboxylic acids is 1. The van der Waals surface area contributed by atoms with Gasteiger partial charge in [0.15, 0.2) is 0 Å². The average Bonchev–Trinajstić information content (AvgIpc) is 2.51. The Morgan fingerprint density at radius 3 is 2.35 bits per heavy atom. The van der Waals surface area contributed by atoms with Gasteiger partial charge in [0.25, 0.3) is 0 Å². The van der Waals surface area contributed by atoms with Crippen molar-refractivity contribution in [2.45, 2.75) is 34.3 Å². The van der Waals surface area contributed by atoms with Crippen molar-refractivity contribution in [2.24, 2.45) is 0 Å². The molecule has 0 aliphatic carbocycles. The molecule has 4 heteroatoms. The Morgan fingerprint density at radius 1 is 1.00 bits per heavy atom. The first-order chi connectivity index (χ1) is 10.9. The van der Waals surface area contributed by atoms with Gasteiger partial charge < -0.3 is 9.47 Å². The number of amides is 1. The van der Waals surface area contributed by atoms with E-state index in [-0.39, 0.29) is 0 Å². The van der Waals surface area contributed by atoms with Crippen LogP contribution in [0.1, 0.15) is 27.8 Å². The van der Waals surface area contributed by atoms with Crippen molar-refractivity contribution in [2.75, 3.05) is 12.4 Å². The van der Waals surface area contributed by atoms with E-state index in [1.54, 1.807) is 0 Å². The van der Waals surface area contributed by atoms with Gasteiger partial charge >= 0.3 is 6.09 Å². The largest absolute Gasteiger partial charge is 0.489 e. The molecule has 0 aliphatic heterocycles. The van der Waals surface area contributed by atoms with Crippen molar-refractivity contribution in [3.05, 3.63) is 58.1 Å². The summed E-state index contributed by atoms with van der Waals surface area (Å²) in [5.74, 6) is 0.848. The van der Waals surface area contributed by atoms with Gasteiger partial charge in [0.1, 0.15) is 12.4 Å². The Balaban J connectivity index is 2.28. The maximum absolute atomic E-state index is 11.6. The van der Waals surface area contributed by atoms with Crippen molar-refractivity contribution in [1.82, 2.24) is 0 Å². The molecule has 0 spiro atoms. The molecule has 2 aromatic carbocycles. The number of nitrogens with one attached hydrogen (secondary N) is 1. The van der Waals surface area contributed by atoms with Gasteiger partial charge in [0.05, 0.1) is 12.8 Å². The Bertz CT molecular complexity index is 723. The number of carbonyl (C=O) groups is 1. The summed E-state index contributed by atoms with van der Waals surface area (Å²) in [6, 6.07) is 10.1. The molecule has 2 rings (SSSR count). The van der Waals surface area contributed by atoms with E-state index in [9.17, 15) is 4.79 Å². The number of methoxy groups -OCH3 is 1. The minimum atomic E-state index is -0.480. The van der Waals surface area contributed by atoms with Gasteiger partial charge in [0, 0.05) is 5.56 Å². The van der Waals surface area contributed by atoms with Crippen LogP contribution in [0.25, 0.3) is 0 Å². The van der Waals surface area contributed by atoms with Gasteiger partial charge in [-0.2, -0.15) is 0 Å². The van der Waals surface area contributed by atoms with Crippen LogP contribution in [0.4, 0.5) is 10.5 Å². The number of ether oxygens (including phenoxy) is 2. The van der Waals surface area contributed by atoms with Crippen LogP contribution in [0.3, 0.4) is 0 Å². The molecule has 122 valence electrons. The minimum absolute atomic E-state index is 0.386. The Kier molecular flexibility index (Phi) is 5.27. The number of hydrogen-bond donors (Lipinski definition) is 1. The zero-order valence-electron chi connectivity index (χ0n) is 14.3. The summed E-state index contributed by atoms with van der Waals surface area (Å²) < 4.78 is 10.7. The molecule has 0 radical (unpaired) electrons. The van der Waals surface area contributed by atoms with Crippen LogP contribution in [0, 0.1) is 27.7 Å². The molecule has 23 heavy (non-hydrogen) atoms. The molecular formula is C19H23NO3. The van der Waals surface area contributed by atoms with E-state index in [1.807, 2.05) is 45.0 Å². The second kappa shape index (κ2) is 7.18. The monoisotopic (exact) mass is 313 g/mol. The van der Waals surface area contributed by atoms with E-state index in [0.717, 1.165) is 33.7 Å². The number of hydrogen-bond acceptors (Lipinski definition) is 3. The Hall–Kier alpha value is -2.49. The van der Waals surface area contributed by atoms with Crippen LogP contribution in [-0.2, 0) is 11.3 Å². The fourth-order valence-corrected chi connectivity index (χ4v) is 2.49. The second-order valence-electron chi connectivity index (χ2n) is 5.73. The number of benzene rings is 2. The lowest BCUT2D eigenvalue weighted by Crippen LogP contribution is -2.15. The summed E-state index contributed by atoms with van der Waals surface area (Å²) in [6.45, 7) is 8.42. The van der Waals surface area contributed by atoms with Crippen LogP contribution in [0.2, 0.25) is 0 Å². The lowest BCUT2D eigenvalue weighted by molar-refractivity contribution is 0.187. The molecular weight excluding hydrogens is 290 g/mol. The quantitative estimate of drug-likeness (QED) is 0.891. The lowest BCUT2D eigenvalue weighted by atomic mass is 10.0. The van der Waals surface area contributed by atoms with Gasteiger partial charge in [-0.3, -0.25) is 5.32 Å². The first-order valence-electron chi connectivity index (χ1n) is 7.56. The highest BCUT2D eigenvalue weighted by Gasteiger charge is 2.13. The zero-order valence-corrected chi connectivity index (χ0v) is 14.3. The summed E-state index contributed by atoms with van der Waals surface area (Å²) in [6.07, 6.45) is -0.480. The first-order valence-corrected chi connectivity index (χ1v) is 7.56. The third-order valence-corrected chi connectivity index (χ3v) is 3.87. The number of rotatable bonds is 4. The van der Waals surface area contributed by atoms with E-state index in [0.29, 0.717) is 6.61 Å². The molecule has 0 aromatic heterocycles. The second-order valence-corrected chi connectivity index (χ2v) is 5.73. The van der Waals surface area contributed by atoms with Crippen molar-refractivity contribution < 1.29 is 14.3 Å². The highest BCUT2D eigenvalue weighted by Crippen LogP contribution is 2.27. The zero-order chi connectivity index (χ0) is 17.0. The fraction of sp³-hybridized carbons (Fsp3) is 0.316. The molecule has 2 aromatic rings. The first kappa shape index (κ1) is 16.9. The molecule has 1 amide bonds. The molecule has 0 atom stereocenters. The van der Waals surface area contributed by atoms with E-state index >= 15 is 0 Å². The third-order valence-electron chi connectivity index (χ3n) is 3.87. The normalized spacial score (nSPS) is 10.3. The van der Waals surface area contributed by atoms with Crippen molar-refractivity contribution in [1.29, 1.82) is 0 Å². The molecule has 0 aliphatic rings. The summed E-state index contributed by atoms with van der Waals surface area (Å²) in [4.78, 5) is 11.6. The lowest BCUT2D eigenvalue weighted by Gasteiger charge is -2.17. The molecule has 0 saturated heterocycles. The SMILES string of the molecule is COC(=O)Nc1c(C)ccc(C)c1COc1ccc(C)cc1C. The number of aryl methyl sites for hydroxylation is 4. The van der Waals surface area contributed by atoms with Crippen molar-refractivity contribution in [3.63, 3.8) is 0 Å². The van der Waals surface area contributed by atoms with Crippen LogP contribution in [0.5, 0.6) is 5.75 Å². The highest BCUT2D eigenvalue weighted by molar-refractivity contribution is 5.87. The molecule has 4 nitrogen and oxygen atoms in total. The summed E-state index contributed by atoms with van der Waals surface area (Å²) in [5, 5.41) is 2.79. The van der Waals surface area contributed by atoms with Gasteiger partial charge in [-0.1, -0.05) is 29.8 Å².